The molecule has 0 saturated carbocycles. The number of hydrogen-bond donors (Lipinski definition) is 0. The maximum absolute atomic E-state index is 5.30. The van der Waals surface area contributed by atoms with Crippen molar-refractivity contribution >= 4 is 0 Å². The van der Waals surface area contributed by atoms with Crippen molar-refractivity contribution in [2.75, 3.05) is 6.61 Å². The normalized spacial score (nSPS) is 11.1. The van der Waals surface area contributed by atoms with Crippen LogP contribution in [0.2, 0.25) is 0 Å². The van der Waals surface area contributed by atoms with Gasteiger partial charge in [-0.05, 0) is 11.6 Å². The van der Waals surface area contributed by atoms with Crippen molar-refractivity contribution in [1.29, 1.82) is 0 Å². The predicted molar refractivity (Wildman–Crippen MR) is 58.3 cm³/mol. The number of ether oxygens (including phenoxy) is 1. The molecule has 0 aliphatic carbocycles. The number of rotatable bonds is 0. The molecule has 0 N–H and O–H groups in total. The highest BCUT2D eigenvalue weighted by Gasteiger charge is 2.08. The van der Waals surface area contributed by atoms with E-state index in [4.69, 9.17) is 4.74 Å². The van der Waals surface area contributed by atoms with Gasteiger partial charge in [0.05, 0.1) is 6.61 Å². The van der Waals surface area contributed by atoms with Crippen LogP contribution in [-0.4, -0.2) is 6.61 Å². The molecule has 0 amide bonds. The first-order valence-corrected chi connectivity index (χ1v) is 5.17. The predicted octanol–water partition coefficient (Wildman–Crippen LogP) is 3.67. The Hall–Kier alpha value is -0.980. The molecule has 74 valence electrons. The number of para-hydroxylation sites is 1. The van der Waals surface area contributed by atoms with Crippen molar-refractivity contribution < 1.29 is 4.74 Å². The van der Waals surface area contributed by atoms with E-state index in [-0.39, 0.29) is 0 Å². The van der Waals surface area contributed by atoms with Crippen LogP contribution in [0.1, 0.15) is 33.3 Å². The molecule has 0 bridgehead atoms. The van der Waals surface area contributed by atoms with Crippen LogP contribution in [0, 0.1) is 0 Å². The molecule has 2 rings (SSSR count). The van der Waals surface area contributed by atoms with Crippen molar-refractivity contribution in [2.45, 2.75) is 34.1 Å². The van der Waals surface area contributed by atoms with E-state index in [0.29, 0.717) is 0 Å². The summed E-state index contributed by atoms with van der Waals surface area (Å²) in [5.74, 6) is 1.07. The van der Waals surface area contributed by atoms with Crippen LogP contribution in [0.4, 0.5) is 0 Å². The summed E-state index contributed by atoms with van der Waals surface area (Å²) in [6.07, 6.45) is 1.08. The Balaban J connectivity index is 0.000000322. The third-order valence-electron chi connectivity index (χ3n) is 1.60. The van der Waals surface area contributed by atoms with Crippen LogP contribution in [0.25, 0.3) is 0 Å². The minimum Gasteiger partial charge on any atom is -0.493 e. The highest BCUT2D eigenvalue weighted by atomic mass is 16.5. The first-order chi connectivity index (χ1) is 6.47. The number of benzene rings is 1. The maximum Gasteiger partial charge on any atom is 0.122 e. The largest absolute Gasteiger partial charge is 0.493 e. The van der Waals surface area contributed by atoms with Gasteiger partial charge in [0.1, 0.15) is 5.75 Å². The molecule has 0 atom stereocenters. The van der Waals surface area contributed by atoms with Crippen LogP contribution in [0.15, 0.2) is 24.3 Å². The van der Waals surface area contributed by atoms with Crippen molar-refractivity contribution in [3.63, 3.8) is 0 Å². The quantitative estimate of drug-likeness (QED) is 0.592. The molecule has 1 heterocycles. The lowest BCUT2D eigenvalue weighted by atomic mass is 10.2. The van der Waals surface area contributed by atoms with Crippen LogP contribution < -0.4 is 4.74 Å². The first-order valence-electron chi connectivity index (χ1n) is 5.17. The van der Waals surface area contributed by atoms with Crippen molar-refractivity contribution in [3.8, 4) is 5.75 Å². The van der Waals surface area contributed by atoms with Crippen LogP contribution in [0.5, 0.6) is 5.75 Å². The monoisotopic (exact) mass is 180 g/mol. The first kappa shape index (κ1) is 12.0. The molecular weight excluding hydrogens is 160 g/mol. The topological polar surface area (TPSA) is 9.23 Å². The molecule has 1 aliphatic heterocycles. The molecule has 1 aliphatic rings. The lowest BCUT2D eigenvalue weighted by Crippen LogP contribution is -1.85. The van der Waals surface area contributed by atoms with Crippen molar-refractivity contribution in [3.05, 3.63) is 29.8 Å². The van der Waals surface area contributed by atoms with Gasteiger partial charge in [0, 0.05) is 6.42 Å². The molecule has 0 fully saturated rings. The zero-order valence-electron chi connectivity index (χ0n) is 9.13. The molecule has 1 heteroatoms. The Morgan fingerprint density at radius 2 is 1.62 bits per heavy atom. The SMILES string of the molecule is CC.CC.c1ccc2c(c1)CCO2. The van der Waals surface area contributed by atoms with E-state index in [0.717, 1.165) is 18.8 Å². The molecule has 0 saturated heterocycles. The highest BCUT2D eigenvalue weighted by Crippen LogP contribution is 2.23. The van der Waals surface area contributed by atoms with E-state index in [1.807, 2.05) is 45.9 Å². The van der Waals surface area contributed by atoms with Crippen LogP contribution in [0.3, 0.4) is 0 Å². The fourth-order valence-corrected chi connectivity index (χ4v) is 1.12. The van der Waals surface area contributed by atoms with E-state index in [2.05, 4.69) is 6.07 Å². The lowest BCUT2D eigenvalue weighted by Gasteiger charge is -1.93. The summed E-state index contributed by atoms with van der Waals surface area (Å²) in [4.78, 5) is 0. The van der Waals surface area contributed by atoms with Crippen molar-refractivity contribution in [1.82, 2.24) is 0 Å². The van der Waals surface area contributed by atoms with Gasteiger partial charge in [-0.2, -0.15) is 0 Å². The summed E-state index contributed by atoms with van der Waals surface area (Å²) in [5, 5.41) is 0. The fourth-order valence-electron chi connectivity index (χ4n) is 1.12. The molecule has 13 heavy (non-hydrogen) atoms. The summed E-state index contributed by atoms with van der Waals surface area (Å²) in [5.41, 5.74) is 1.34. The smallest absolute Gasteiger partial charge is 0.122 e. The minimum atomic E-state index is 0.860. The van der Waals surface area contributed by atoms with E-state index in [1.165, 1.54) is 5.56 Å². The van der Waals surface area contributed by atoms with Gasteiger partial charge in [-0.1, -0.05) is 45.9 Å². The molecule has 0 unspecified atom stereocenters. The maximum atomic E-state index is 5.30. The third kappa shape index (κ3) is 3.49. The number of fused-ring (bicyclic) bond motifs is 1. The summed E-state index contributed by atoms with van der Waals surface area (Å²) in [6.45, 7) is 8.86. The Bertz CT molecular complexity index is 195. The Labute approximate surface area is 81.7 Å². The molecule has 1 nitrogen and oxygen atoms in total. The standard InChI is InChI=1S/C8H8O.2C2H6/c1-2-4-8-7(3-1)5-6-9-8;2*1-2/h1-4H,5-6H2;2*1-2H3. The Morgan fingerprint density at radius 1 is 1.00 bits per heavy atom. The second kappa shape index (κ2) is 7.66. The lowest BCUT2D eigenvalue weighted by molar-refractivity contribution is 0.357. The van der Waals surface area contributed by atoms with Gasteiger partial charge < -0.3 is 4.74 Å². The summed E-state index contributed by atoms with van der Waals surface area (Å²) in [6, 6.07) is 8.18. The van der Waals surface area contributed by atoms with E-state index >= 15 is 0 Å². The van der Waals surface area contributed by atoms with E-state index in [1.54, 1.807) is 0 Å². The summed E-state index contributed by atoms with van der Waals surface area (Å²) >= 11 is 0. The summed E-state index contributed by atoms with van der Waals surface area (Å²) < 4.78 is 5.30. The van der Waals surface area contributed by atoms with Gasteiger partial charge in [0.25, 0.3) is 0 Å². The molecule has 0 aromatic heterocycles. The molecule has 1 aromatic carbocycles. The molecule has 0 radical (unpaired) electrons. The average molecular weight is 180 g/mol. The zero-order chi connectivity index (χ0) is 10.1. The van der Waals surface area contributed by atoms with Gasteiger partial charge in [0.15, 0.2) is 0 Å². The van der Waals surface area contributed by atoms with Gasteiger partial charge >= 0.3 is 0 Å². The second-order valence-corrected chi connectivity index (χ2v) is 2.21. The Kier molecular flexibility index (Phi) is 7.08. The van der Waals surface area contributed by atoms with Crippen LogP contribution in [-0.2, 0) is 6.42 Å². The number of hydrogen-bond acceptors (Lipinski definition) is 1. The Morgan fingerprint density at radius 3 is 2.23 bits per heavy atom. The summed E-state index contributed by atoms with van der Waals surface area (Å²) in [7, 11) is 0. The average Bonchev–Trinajstić information content (AvgIpc) is 2.71. The van der Waals surface area contributed by atoms with Crippen molar-refractivity contribution in [2.24, 2.45) is 0 Å². The van der Waals surface area contributed by atoms with Gasteiger partial charge in [-0.15, -0.1) is 0 Å². The van der Waals surface area contributed by atoms with E-state index < -0.39 is 0 Å². The fraction of sp³-hybridized carbons (Fsp3) is 0.500. The second-order valence-electron chi connectivity index (χ2n) is 2.21. The van der Waals surface area contributed by atoms with Gasteiger partial charge in [-0.3, -0.25) is 0 Å². The highest BCUT2D eigenvalue weighted by molar-refractivity contribution is 5.35. The van der Waals surface area contributed by atoms with Gasteiger partial charge in [-0.25, -0.2) is 0 Å². The zero-order valence-corrected chi connectivity index (χ0v) is 9.13. The third-order valence-corrected chi connectivity index (χ3v) is 1.60. The van der Waals surface area contributed by atoms with Gasteiger partial charge in [0.2, 0.25) is 0 Å². The van der Waals surface area contributed by atoms with Crippen LogP contribution >= 0.6 is 0 Å². The molecule has 1 aromatic rings. The van der Waals surface area contributed by atoms with E-state index in [9.17, 15) is 0 Å². The molecule has 0 spiro atoms. The minimum absolute atomic E-state index is 0.860. The molecular formula is C12H20O.